The second-order valence-electron chi connectivity index (χ2n) is 7.78. The van der Waals surface area contributed by atoms with Gasteiger partial charge in [-0.2, -0.15) is 0 Å². The molecule has 0 saturated carbocycles. The SMILES string of the molecule is CN(C)S(=O)(=O)c1ccc(S(=O)(=O)Nc2ccccc2N2CCC(C)(F)CC2)cc1. The summed E-state index contributed by atoms with van der Waals surface area (Å²) in [6.07, 6.45) is 0.742. The Kier molecular flexibility index (Phi) is 6.13. The van der Waals surface area contributed by atoms with Gasteiger partial charge in [0.2, 0.25) is 10.0 Å². The molecule has 7 nitrogen and oxygen atoms in total. The number of anilines is 2. The predicted octanol–water partition coefficient (Wildman–Crippen LogP) is 3.07. The van der Waals surface area contributed by atoms with Gasteiger partial charge in [0, 0.05) is 27.2 Å². The Balaban J connectivity index is 1.85. The molecule has 1 aliphatic heterocycles. The topological polar surface area (TPSA) is 86.8 Å². The molecule has 0 bridgehead atoms. The van der Waals surface area contributed by atoms with Crippen molar-refractivity contribution in [2.75, 3.05) is 36.8 Å². The summed E-state index contributed by atoms with van der Waals surface area (Å²) in [5.74, 6) is 0. The van der Waals surface area contributed by atoms with Crippen LogP contribution in [0.15, 0.2) is 58.3 Å². The average molecular weight is 456 g/mol. The highest BCUT2D eigenvalue weighted by Crippen LogP contribution is 2.33. The van der Waals surface area contributed by atoms with Crippen molar-refractivity contribution in [3.05, 3.63) is 48.5 Å². The first kappa shape index (κ1) is 22.5. The molecule has 30 heavy (non-hydrogen) atoms. The number of nitrogens with one attached hydrogen (secondary N) is 1. The summed E-state index contributed by atoms with van der Waals surface area (Å²) in [5, 5.41) is 0. The molecule has 1 fully saturated rings. The molecular weight excluding hydrogens is 429 g/mol. The van der Waals surface area contributed by atoms with E-state index in [1.54, 1.807) is 31.2 Å². The molecular formula is C20H26FN3O4S2. The fourth-order valence-electron chi connectivity index (χ4n) is 3.25. The minimum atomic E-state index is -3.94. The number of sulfonamides is 2. The van der Waals surface area contributed by atoms with Gasteiger partial charge >= 0.3 is 0 Å². The van der Waals surface area contributed by atoms with Gasteiger partial charge in [-0.25, -0.2) is 25.5 Å². The molecule has 2 aromatic carbocycles. The van der Waals surface area contributed by atoms with Gasteiger partial charge in [-0.15, -0.1) is 0 Å². The zero-order valence-electron chi connectivity index (χ0n) is 17.2. The van der Waals surface area contributed by atoms with Crippen molar-refractivity contribution in [2.45, 2.75) is 35.2 Å². The summed E-state index contributed by atoms with van der Waals surface area (Å²) in [7, 11) is -4.77. The van der Waals surface area contributed by atoms with Crippen LogP contribution in [0.5, 0.6) is 0 Å². The number of piperidine rings is 1. The summed E-state index contributed by atoms with van der Waals surface area (Å²) in [6.45, 7) is 2.56. The molecule has 0 spiro atoms. The largest absolute Gasteiger partial charge is 0.370 e. The number of halogens is 1. The van der Waals surface area contributed by atoms with Crippen LogP contribution in [0.2, 0.25) is 0 Å². The predicted molar refractivity (Wildman–Crippen MR) is 116 cm³/mol. The Morgan fingerprint density at radius 3 is 2.03 bits per heavy atom. The molecule has 0 aromatic heterocycles. The Morgan fingerprint density at radius 1 is 0.933 bits per heavy atom. The lowest BCUT2D eigenvalue weighted by Crippen LogP contribution is -2.40. The van der Waals surface area contributed by atoms with Gasteiger partial charge in [0.25, 0.3) is 10.0 Å². The summed E-state index contributed by atoms with van der Waals surface area (Å²) in [4.78, 5) is 1.92. The van der Waals surface area contributed by atoms with E-state index >= 15 is 0 Å². The third-order valence-electron chi connectivity index (χ3n) is 5.21. The van der Waals surface area contributed by atoms with E-state index in [1.165, 1.54) is 38.4 Å². The zero-order valence-corrected chi connectivity index (χ0v) is 18.8. The molecule has 0 radical (unpaired) electrons. The van der Waals surface area contributed by atoms with Crippen LogP contribution in [0.4, 0.5) is 15.8 Å². The van der Waals surface area contributed by atoms with Gasteiger partial charge in [0.15, 0.2) is 0 Å². The molecule has 2 aromatic rings. The standard InChI is InChI=1S/C20H26FN3O4S2/c1-20(21)12-14-24(15-13-20)19-7-5-4-6-18(19)22-29(25,26)16-8-10-17(11-9-16)30(27,28)23(2)3/h4-11,22H,12-15H2,1-3H3. The van der Waals surface area contributed by atoms with Crippen LogP contribution in [-0.4, -0.2) is 54.0 Å². The summed E-state index contributed by atoms with van der Waals surface area (Å²) < 4.78 is 67.9. The Morgan fingerprint density at radius 2 is 1.47 bits per heavy atom. The summed E-state index contributed by atoms with van der Waals surface area (Å²) in [6, 6.07) is 12.0. The van der Waals surface area contributed by atoms with Gasteiger partial charge in [-0.1, -0.05) is 12.1 Å². The van der Waals surface area contributed by atoms with Gasteiger partial charge in [0.1, 0.15) is 5.67 Å². The van der Waals surface area contributed by atoms with E-state index in [4.69, 9.17) is 0 Å². The molecule has 1 aliphatic rings. The van der Waals surface area contributed by atoms with Crippen LogP contribution in [0, 0.1) is 0 Å². The van der Waals surface area contributed by atoms with Crippen LogP contribution in [0.25, 0.3) is 0 Å². The Bertz CT molecular complexity index is 1100. The normalized spacial score (nSPS) is 17.2. The highest BCUT2D eigenvalue weighted by Gasteiger charge is 2.30. The second kappa shape index (κ2) is 8.16. The summed E-state index contributed by atoms with van der Waals surface area (Å²) >= 11 is 0. The third-order valence-corrected chi connectivity index (χ3v) is 8.42. The van der Waals surface area contributed by atoms with Crippen molar-refractivity contribution in [3.8, 4) is 0 Å². The van der Waals surface area contributed by atoms with E-state index in [0.717, 1.165) is 4.31 Å². The minimum Gasteiger partial charge on any atom is -0.370 e. The van der Waals surface area contributed by atoms with Crippen LogP contribution >= 0.6 is 0 Å². The monoisotopic (exact) mass is 455 g/mol. The maximum absolute atomic E-state index is 14.1. The van der Waals surface area contributed by atoms with Gasteiger partial charge in [-0.3, -0.25) is 4.72 Å². The first-order valence-corrected chi connectivity index (χ1v) is 12.4. The van der Waals surface area contributed by atoms with E-state index in [9.17, 15) is 21.2 Å². The molecule has 1 N–H and O–H groups in total. The maximum Gasteiger partial charge on any atom is 0.261 e. The van der Waals surface area contributed by atoms with Crippen molar-refractivity contribution in [3.63, 3.8) is 0 Å². The third kappa shape index (κ3) is 4.76. The summed E-state index contributed by atoms with van der Waals surface area (Å²) in [5.41, 5.74) is -0.132. The molecule has 0 unspecified atom stereocenters. The second-order valence-corrected chi connectivity index (χ2v) is 11.6. The number of benzene rings is 2. The van der Waals surface area contributed by atoms with E-state index in [1.807, 2.05) is 4.90 Å². The van der Waals surface area contributed by atoms with Crippen LogP contribution in [0.3, 0.4) is 0 Å². The number of para-hydroxylation sites is 2. The first-order chi connectivity index (χ1) is 13.9. The highest BCUT2D eigenvalue weighted by atomic mass is 32.2. The van der Waals surface area contributed by atoms with Gasteiger partial charge < -0.3 is 4.90 Å². The molecule has 0 atom stereocenters. The van der Waals surface area contributed by atoms with Crippen molar-refractivity contribution >= 4 is 31.4 Å². The molecule has 0 aliphatic carbocycles. The Labute approximate surface area is 177 Å². The molecule has 3 rings (SSSR count). The molecule has 164 valence electrons. The molecule has 10 heteroatoms. The van der Waals surface area contributed by atoms with Crippen LogP contribution < -0.4 is 9.62 Å². The molecule has 1 saturated heterocycles. The van der Waals surface area contributed by atoms with Crippen molar-refractivity contribution in [1.29, 1.82) is 0 Å². The zero-order chi connectivity index (χ0) is 22.2. The van der Waals surface area contributed by atoms with Crippen LogP contribution in [0.1, 0.15) is 19.8 Å². The number of hydrogen-bond donors (Lipinski definition) is 1. The van der Waals surface area contributed by atoms with E-state index in [2.05, 4.69) is 4.72 Å². The van der Waals surface area contributed by atoms with Gasteiger partial charge in [-0.05, 0) is 56.2 Å². The lowest BCUT2D eigenvalue weighted by Gasteiger charge is -2.36. The minimum absolute atomic E-state index is 0.00874. The average Bonchev–Trinajstić information content (AvgIpc) is 2.68. The first-order valence-electron chi connectivity index (χ1n) is 9.51. The lowest BCUT2D eigenvalue weighted by molar-refractivity contribution is 0.149. The lowest BCUT2D eigenvalue weighted by atomic mass is 9.95. The van der Waals surface area contributed by atoms with E-state index in [-0.39, 0.29) is 9.79 Å². The fraction of sp³-hybridized carbons (Fsp3) is 0.400. The number of nitrogens with zero attached hydrogens (tertiary/aromatic N) is 2. The van der Waals surface area contributed by atoms with Crippen molar-refractivity contribution in [2.24, 2.45) is 0 Å². The van der Waals surface area contributed by atoms with Crippen molar-refractivity contribution < 1.29 is 21.2 Å². The number of hydrogen-bond acceptors (Lipinski definition) is 5. The van der Waals surface area contributed by atoms with Gasteiger partial charge in [0.05, 0.1) is 21.2 Å². The number of alkyl halides is 1. The van der Waals surface area contributed by atoms with Crippen molar-refractivity contribution in [1.82, 2.24) is 4.31 Å². The van der Waals surface area contributed by atoms with Crippen LogP contribution in [-0.2, 0) is 20.0 Å². The quantitative estimate of drug-likeness (QED) is 0.723. The number of rotatable bonds is 6. The van der Waals surface area contributed by atoms with E-state index in [0.29, 0.717) is 37.3 Å². The Hall–Kier alpha value is -2.17. The smallest absolute Gasteiger partial charge is 0.261 e. The maximum atomic E-state index is 14.1. The molecule has 0 amide bonds. The highest BCUT2D eigenvalue weighted by molar-refractivity contribution is 7.92. The van der Waals surface area contributed by atoms with E-state index < -0.39 is 25.7 Å². The fourth-order valence-corrected chi connectivity index (χ4v) is 5.23. The molecule has 1 heterocycles.